The van der Waals surface area contributed by atoms with E-state index in [0.717, 1.165) is 21.3 Å². The lowest BCUT2D eigenvalue weighted by Crippen LogP contribution is -2.15. The topological polar surface area (TPSA) is 105 Å². The number of carbonyl (C=O) groups excluding carboxylic acids is 1. The highest BCUT2D eigenvalue weighted by molar-refractivity contribution is 7.21. The van der Waals surface area contributed by atoms with Gasteiger partial charge in [0.2, 0.25) is 0 Å². The van der Waals surface area contributed by atoms with Gasteiger partial charge in [-0.25, -0.2) is 9.49 Å². The number of fused-ring (bicyclic) bond motifs is 1. The summed E-state index contributed by atoms with van der Waals surface area (Å²) in [6.45, 7) is 5.59. The van der Waals surface area contributed by atoms with Gasteiger partial charge in [-0.15, -0.1) is 11.3 Å². The largest absolute Gasteiger partial charge is 0.334 e. The molecule has 10 heteroatoms. The molecule has 3 heterocycles. The number of aromatic amines is 1. The Kier molecular flexibility index (Phi) is 5.89. The quantitative estimate of drug-likeness (QED) is 0.297. The Morgan fingerprint density at radius 3 is 2.64 bits per heavy atom. The number of H-pyrrole nitrogens is 1. The normalized spacial score (nSPS) is 11.1. The second-order valence-corrected chi connectivity index (χ2v) is 9.62. The number of aryl methyl sites for hydroxylation is 3. The Bertz CT molecular complexity index is 1680. The van der Waals surface area contributed by atoms with Crippen molar-refractivity contribution in [2.45, 2.75) is 20.8 Å². The van der Waals surface area contributed by atoms with Crippen molar-refractivity contribution >= 4 is 44.5 Å². The van der Waals surface area contributed by atoms with Gasteiger partial charge in [0.1, 0.15) is 11.5 Å². The Labute approximate surface area is 209 Å². The summed E-state index contributed by atoms with van der Waals surface area (Å²) in [4.78, 5) is 25.9. The average molecular weight is 503 g/mol. The average Bonchev–Trinajstić information content (AvgIpc) is 3.42. The van der Waals surface area contributed by atoms with Crippen molar-refractivity contribution in [3.63, 3.8) is 0 Å². The first-order valence-electron chi connectivity index (χ1n) is 11.2. The molecule has 0 aliphatic carbocycles. The van der Waals surface area contributed by atoms with Crippen LogP contribution in [0.3, 0.4) is 0 Å². The zero-order valence-corrected chi connectivity index (χ0v) is 20.9. The van der Waals surface area contributed by atoms with Crippen LogP contribution in [0, 0.1) is 26.6 Å². The van der Waals surface area contributed by atoms with Gasteiger partial charge in [-0.05, 0) is 61.5 Å². The molecule has 0 bridgehead atoms. The van der Waals surface area contributed by atoms with Crippen LogP contribution < -0.4 is 16.2 Å². The molecule has 2 aromatic carbocycles. The lowest BCUT2D eigenvalue weighted by molar-refractivity contribution is 0.103. The zero-order valence-electron chi connectivity index (χ0n) is 20.1. The van der Waals surface area contributed by atoms with Crippen LogP contribution in [0.15, 0.2) is 53.3 Å². The fraction of sp³-hybridized carbons (Fsp3) is 0.154. The first-order chi connectivity index (χ1) is 17.2. The van der Waals surface area contributed by atoms with E-state index in [2.05, 4.69) is 25.9 Å². The molecule has 0 atom stereocenters. The second kappa shape index (κ2) is 9.04. The van der Waals surface area contributed by atoms with Crippen LogP contribution >= 0.6 is 11.3 Å². The first-order valence-corrected chi connectivity index (χ1v) is 12.0. The van der Waals surface area contributed by atoms with Crippen molar-refractivity contribution in [3.05, 3.63) is 86.4 Å². The lowest BCUT2D eigenvalue weighted by Gasteiger charge is -2.13. The van der Waals surface area contributed by atoms with Crippen LogP contribution in [0.2, 0.25) is 0 Å². The van der Waals surface area contributed by atoms with E-state index in [0.29, 0.717) is 27.5 Å². The van der Waals surface area contributed by atoms with E-state index in [9.17, 15) is 14.0 Å². The molecule has 36 heavy (non-hydrogen) atoms. The van der Waals surface area contributed by atoms with E-state index in [1.165, 1.54) is 17.4 Å². The highest BCUT2D eigenvalue weighted by Gasteiger charge is 2.18. The first kappa shape index (κ1) is 23.4. The van der Waals surface area contributed by atoms with Gasteiger partial charge in [0.05, 0.1) is 16.3 Å². The monoisotopic (exact) mass is 502 g/mol. The smallest absolute Gasteiger partial charge is 0.287 e. The summed E-state index contributed by atoms with van der Waals surface area (Å²) >= 11 is 1.37. The van der Waals surface area contributed by atoms with Gasteiger partial charge in [0.15, 0.2) is 5.82 Å². The molecule has 8 nitrogen and oxygen atoms in total. The fourth-order valence-corrected chi connectivity index (χ4v) is 5.03. The number of halogens is 1. The molecule has 182 valence electrons. The van der Waals surface area contributed by atoms with Crippen molar-refractivity contribution < 1.29 is 9.18 Å². The molecule has 5 rings (SSSR count). The molecular weight excluding hydrogens is 479 g/mol. The summed E-state index contributed by atoms with van der Waals surface area (Å²) in [5.41, 5.74) is 3.35. The van der Waals surface area contributed by atoms with E-state index in [4.69, 9.17) is 0 Å². The van der Waals surface area contributed by atoms with E-state index >= 15 is 0 Å². The minimum atomic E-state index is -0.561. The third-order valence-corrected chi connectivity index (χ3v) is 7.36. The summed E-state index contributed by atoms with van der Waals surface area (Å²) in [5.74, 6) is -0.439. The Hall–Kier alpha value is -4.31. The maximum atomic E-state index is 14.8. The van der Waals surface area contributed by atoms with E-state index < -0.39 is 17.3 Å². The number of nitrogens with one attached hydrogen (secondary N) is 3. The van der Waals surface area contributed by atoms with Gasteiger partial charge in [-0.1, -0.05) is 18.2 Å². The van der Waals surface area contributed by atoms with Crippen molar-refractivity contribution in [1.29, 1.82) is 0 Å². The number of thiophene rings is 1. The number of benzene rings is 2. The summed E-state index contributed by atoms with van der Waals surface area (Å²) in [6.07, 6.45) is 0. The Balaban J connectivity index is 1.47. The van der Waals surface area contributed by atoms with Crippen LogP contribution in [-0.2, 0) is 7.05 Å². The van der Waals surface area contributed by atoms with Crippen LogP contribution in [0.4, 0.5) is 21.6 Å². The van der Waals surface area contributed by atoms with E-state index in [1.54, 1.807) is 36.9 Å². The molecule has 0 saturated heterocycles. The van der Waals surface area contributed by atoms with Crippen LogP contribution in [-0.4, -0.2) is 25.9 Å². The van der Waals surface area contributed by atoms with Gasteiger partial charge in [0.25, 0.3) is 11.5 Å². The van der Waals surface area contributed by atoms with Gasteiger partial charge in [-0.2, -0.15) is 10.2 Å². The minimum absolute atomic E-state index is 0.0644. The van der Waals surface area contributed by atoms with Crippen LogP contribution in [0.25, 0.3) is 21.3 Å². The molecular formula is C26H23FN6O2S. The van der Waals surface area contributed by atoms with E-state index in [-0.39, 0.29) is 11.4 Å². The van der Waals surface area contributed by atoms with Gasteiger partial charge >= 0.3 is 0 Å². The SMILES string of the molecule is Cc1c(-c2cc(Nc3cc(C)n(C)n3)c(=O)[nH]n2)ccc(F)c1NC(=O)c1cc2cccc(C)c2s1. The minimum Gasteiger partial charge on any atom is -0.334 e. The van der Waals surface area contributed by atoms with Crippen molar-refractivity contribution in [2.24, 2.45) is 7.05 Å². The van der Waals surface area contributed by atoms with E-state index in [1.807, 2.05) is 38.1 Å². The predicted molar refractivity (Wildman–Crippen MR) is 141 cm³/mol. The molecule has 0 unspecified atom stereocenters. The third kappa shape index (κ3) is 4.27. The number of nitrogens with zero attached hydrogens (tertiary/aromatic N) is 3. The van der Waals surface area contributed by atoms with Crippen LogP contribution in [0.5, 0.6) is 0 Å². The molecule has 0 radical (unpaired) electrons. The standard InChI is InChI=1S/C26H23FN6O2S/c1-13-6-5-7-16-11-21(36-24(13)16)26(35)29-23-15(3)17(8-9-18(23)27)19-12-20(25(34)31-30-19)28-22-10-14(2)33(4)32-22/h5-12H,1-4H3,(H,29,35)(H,31,34)(H,28,30,32). The highest BCUT2D eigenvalue weighted by atomic mass is 32.1. The molecule has 0 spiro atoms. The second-order valence-electron chi connectivity index (χ2n) is 8.57. The maximum absolute atomic E-state index is 14.8. The van der Waals surface area contributed by atoms with Gasteiger partial charge < -0.3 is 10.6 Å². The number of rotatable bonds is 5. The Morgan fingerprint density at radius 2 is 1.92 bits per heavy atom. The fourth-order valence-electron chi connectivity index (χ4n) is 4.00. The summed E-state index contributed by atoms with van der Waals surface area (Å²) < 4.78 is 17.6. The number of anilines is 3. The number of hydrogen-bond acceptors (Lipinski definition) is 6. The zero-order chi connectivity index (χ0) is 25.6. The highest BCUT2D eigenvalue weighted by Crippen LogP contribution is 2.33. The number of carbonyl (C=O) groups is 1. The number of aromatic nitrogens is 4. The maximum Gasteiger partial charge on any atom is 0.287 e. The van der Waals surface area contributed by atoms with Gasteiger partial charge in [0, 0.05) is 29.1 Å². The Morgan fingerprint density at radius 1 is 1.11 bits per heavy atom. The van der Waals surface area contributed by atoms with Crippen molar-refractivity contribution in [3.8, 4) is 11.3 Å². The molecule has 3 aromatic heterocycles. The molecule has 5 aromatic rings. The molecule has 3 N–H and O–H groups in total. The summed E-state index contributed by atoms with van der Waals surface area (Å²) in [7, 11) is 1.81. The van der Waals surface area contributed by atoms with Crippen LogP contribution in [0.1, 0.15) is 26.5 Å². The van der Waals surface area contributed by atoms with Gasteiger partial charge in [-0.3, -0.25) is 14.3 Å². The molecule has 0 aliphatic heterocycles. The third-order valence-electron chi connectivity index (χ3n) is 6.07. The molecule has 0 fully saturated rings. The number of hydrogen-bond donors (Lipinski definition) is 3. The molecule has 0 saturated carbocycles. The molecule has 1 amide bonds. The molecule has 0 aliphatic rings. The summed E-state index contributed by atoms with van der Waals surface area (Å²) in [5, 5.41) is 17.6. The van der Waals surface area contributed by atoms with Crippen molar-refractivity contribution in [2.75, 3.05) is 10.6 Å². The summed E-state index contributed by atoms with van der Waals surface area (Å²) in [6, 6.07) is 13.9. The van der Waals surface area contributed by atoms with Crippen molar-refractivity contribution in [1.82, 2.24) is 20.0 Å². The number of amides is 1. The lowest BCUT2D eigenvalue weighted by atomic mass is 10.0. The predicted octanol–water partition coefficient (Wildman–Crippen LogP) is 5.45.